The van der Waals surface area contributed by atoms with E-state index in [9.17, 15) is 0 Å². The first-order chi connectivity index (χ1) is 9.81. The highest BCUT2D eigenvalue weighted by molar-refractivity contribution is 6.31. The number of aryl methyl sites for hydroxylation is 1. The predicted octanol–water partition coefficient (Wildman–Crippen LogP) is 5.32. The molecule has 0 aromatic heterocycles. The molecule has 0 saturated carbocycles. The molecule has 0 saturated heterocycles. The van der Waals surface area contributed by atoms with E-state index in [0.717, 1.165) is 41.3 Å². The molecule has 1 unspecified atom stereocenters. The molecule has 3 heteroatoms. The van der Waals surface area contributed by atoms with E-state index in [1.807, 2.05) is 6.07 Å². The molecule has 120 valence electrons. The van der Waals surface area contributed by atoms with Gasteiger partial charge in [0.15, 0.2) is 0 Å². The van der Waals surface area contributed by atoms with E-state index in [-0.39, 0.29) is 6.10 Å². The molecule has 1 aromatic rings. The molecule has 0 fully saturated rings. The van der Waals surface area contributed by atoms with E-state index in [0.29, 0.717) is 12.0 Å². The summed E-state index contributed by atoms with van der Waals surface area (Å²) in [5, 5.41) is 4.27. The fourth-order valence-electron chi connectivity index (χ4n) is 2.29. The Bertz CT molecular complexity index is 443. The molecule has 0 amide bonds. The van der Waals surface area contributed by atoms with Gasteiger partial charge >= 0.3 is 0 Å². The molecular formula is C18H30ClNO. The van der Waals surface area contributed by atoms with Gasteiger partial charge in [-0.1, -0.05) is 39.3 Å². The lowest BCUT2D eigenvalue weighted by atomic mass is 10.0. The number of halogens is 1. The Morgan fingerprint density at radius 1 is 1.14 bits per heavy atom. The lowest BCUT2D eigenvalue weighted by molar-refractivity contribution is 0.205. The van der Waals surface area contributed by atoms with Crippen molar-refractivity contribution < 1.29 is 4.74 Å². The van der Waals surface area contributed by atoms with Gasteiger partial charge in [-0.2, -0.15) is 0 Å². The van der Waals surface area contributed by atoms with Crippen LogP contribution >= 0.6 is 11.6 Å². The number of benzene rings is 1. The smallest absolute Gasteiger partial charge is 0.122 e. The van der Waals surface area contributed by atoms with Crippen LogP contribution in [0.15, 0.2) is 12.1 Å². The van der Waals surface area contributed by atoms with E-state index in [2.05, 4.69) is 52.9 Å². The standard InChI is InChI=1S/C18H30ClNO/c1-12(2)16-11-18(14(5)10-17(16)19)21-15(6)8-7-9-20-13(3)4/h10-13,15,20H,7-9H2,1-6H3. The summed E-state index contributed by atoms with van der Waals surface area (Å²) in [6, 6.07) is 4.66. The number of rotatable bonds is 8. The fourth-order valence-corrected chi connectivity index (χ4v) is 2.73. The molecule has 21 heavy (non-hydrogen) atoms. The van der Waals surface area contributed by atoms with Crippen molar-refractivity contribution in [3.63, 3.8) is 0 Å². The monoisotopic (exact) mass is 311 g/mol. The zero-order valence-electron chi connectivity index (χ0n) is 14.3. The van der Waals surface area contributed by atoms with Crippen LogP contribution in [-0.2, 0) is 0 Å². The molecule has 0 aliphatic heterocycles. The normalized spacial score (nSPS) is 13.0. The molecule has 0 aliphatic rings. The third-order valence-electron chi connectivity index (χ3n) is 3.58. The zero-order valence-corrected chi connectivity index (χ0v) is 15.1. The highest BCUT2D eigenvalue weighted by Gasteiger charge is 2.12. The summed E-state index contributed by atoms with van der Waals surface area (Å²) < 4.78 is 6.11. The largest absolute Gasteiger partial charge is 0.490 e. The second-order valence-corrected chi connectivity index (χ2v) is 6.88. The highest BCUT2D eigenvalue weighted by Crippen LogP contribution is 2.32. The van der Waals surface area contributed by atoms with Crippen LogP contribution in [0.1, 0.15) is 64.5 Å². The molecule has 1 aromatic carbocycles. The average Bonchev–Trinajstić information content (AvgIpc) is 2.37. The van der Waals surface area contributed by atoms with Crippen LogP contribution < -0.4 is 10.1 Å². The van der Waals surface area contributed by atoms with E-state index in [1.165, 1.54) is 0 Å². The van der Waals surface area contributed by atoms with Gasteiger partial charge in [-0.05, 0) is 62.4 Å². The molecule has 0 spiro atoms. The van der Waals surface area contributed by atoms with Gasteiger partial charge in [0.2, 0.25) is 0 Å². The van der Waals surface area contributed by atoms with Gasteiger partial charge in [0.05, 0.1) is 6.10 Å². The lowest BCUT2D eigenvalue weighted by Crippen LogP contribution is -2.25. The van der Waals surface area contributed by atoms with Crippen molar-refractivity contribution >= 4 is 11.6 Å². The first kappa shape index (κ1) is 18.3. The van der Waals surface area contributed by atoms with Crippen LogP contribution in [0.3, 0.4) is 0 Å². The summed E-state index contributed by atoms with van der Waals surface area (Å²) in [6.45, 7) is 13.9. The Hall–Kier alpha value is -0.730. The van der Waals surface area contributed by atoms with Crippen LogP contribution in [0.25, 0.3) is 0 Å². The Labute approximate surface area is 135 Å². The third-order valence-corrected chi connectivity index (χ3v) is 3.91. The minimum atomic E-state index is 0.221. The maximum absolute atomic E-state index is 6.30. The molecule has 1 atom stereocenters. The molecule has 2 nitrogen and oxygen atoms in total. The SMILES string of the molecule is Cc1cc(Cl)c(C(C)C)cc1OC(C)CCCNC(C)C. The van der Waals surface area contributed by atoms with Crippen LogP contribution in [-0.4, -0.2) is 18.7 Å². The molecule has 0 bridgehead atoms. The minimum absolute atomic E-state index is 0.221. The van der Waals surface area contributed by atoms with Crippen molar-refractivity contribution in [3.05, 3.63) is 28.3 Å². The number of hydrogen-bond acceptors (Lipinski definition) is 2. The third kappa shape index (κ3) is 6.27. The maximum atomic E-state index is 6.30. The van der Waals surface area contributed by atoms with Crippen molar-refractivity contribution in [2.45, 2.75) is 72.4 Å². The topological polar surface area (TPSA) is 21.3 Å². The zero-order chi connectivity index (χ0) is 16.0. The first-order valence-electron chi connectivity index (χ1n) is 8.01. The summed E-state index contributed by atoms with van der Waals surface area (Å²) in [5.41, 5.74) is 2.27. The summed E-state index contributed by atoms with van der Waals surface area (Å²) >= 11 is 6.30. The van der Waals surface area contributed by atoms with Crippen molar-refractivity contribution in [3.8, 4) is 5.75 Å². The van der Waals surface area contributed by atoms with Crippen molar-refractivity contribution in [1.29, 1.82) is 0 Å². The molecule has 0 radical (unpaired) electrons. The van der Waals surface area contributed by atoms with E-state index in [1.54, 1.807) is 0 Å². The van der Waals surface area contributed by atoms with Gasteiger partial charge < -0.3 is 10.1 Å². The fraction of sp³-hybridized carbons (Fsp3) is 0.667. The van der Waals surface area contributed by atoms with Crippen molar-refractivity contribution in [2.24, 2.45) is 0 Å². The Morgan fingerprint density at radius 3 is 2.38 bits per heavy atom. The van der Waals surface area contributed by atoms with Gasteiger partial charge in [0.1, 0.15) is 5.75 Å². The van der Waals surface area contributed by atoms with Gasteiger partial charge in [-0.3, -0.25) is 0 Å². The Morgan fingerprint density at radius 2 is 1.81 bits per heavy atom. The second kappa shape index (κ2) is 8.65. The first-order valence-corrected chi connectivity index (χ1v) is 8.39. The average molecular weight is 312 g/mol. The van der Waals surface area contributed by atoms with Gasteiger partial charge in [0.25, 0.3) is 0 Å². The molecular weight excluding hydrogens is 282 g/mol. The maximum Gasteiger partial charge on any atom is 0.122 e. The lowest BCUT2D eigenvalue weighted by Gasteiger charge is -2.19. The highest BCUT2D eigenvalue weighted by atomic mass is 35.5. The number of hydrogen-bond donors (Lipinski definition) is 1. The van der Waals surface area contributed by atoms with Crippen molar-refractivity contribution in [2.75, 3.05) is 6.54 Å². The molecule has 0 aliphatic carbocycles. The summed E-state index contributed by atoms with van der Waals surface area (Å²) in [7, 11) is 0. The van der Waals surface area contributed by atoms with Crippen LogP contribution in [0.5, 0.6) is 5.75 Å². The van der Waals surface area contributed by atoms with E-state index in [4.69, 9.17) is 16.3 Å². The molecule has 0 heterocycles. The van der Waals surface area contributed by atoms with Crippen LogP contribution in [0.4, 0.5) is 0 Å². The Balaban J connectivity index is 2.59. The van der Waals surface area contributed by atoms with Crippen LogP contribution in [0.2, 0.25) is 5.02 Å². The van der Waals surface area contributed by atoms with Crippen molar-refractivity contribution in [1.82, 2.24) is 5.32 Å². The van der Waals surface area contributed by atoms with Gasteiger partial charge in [-0.15, -0.1) is 0 Å². The summed E-state index contributed by atoms with van der Waals surface area (Å²) in [4.78, 5) is 0. The second-order valence-electron chi connectivity index (χ2n) is 6.47. The summed E-state index contributed by atoms with van der Waals surface area (Å²) in [6.07, 6.45) is 2.40. The van der Waals surface area contributed by atoms with E-state index < -0.39 is 0 Å². The quantitative estimate of drug-likeness (QED) is 0.656. The summed E-state index contributed by atoms with van der Waals surface area (Å²) in [5.74, 6) is 1.37. The molecule has 1 N–H and O–H groups in total. The van der Waals surface area contributed by atoms with E-state index >= 15 is 0 Å². The minimum Gasteiger partial charge on any atom is -0.490 e. The Kier molecular flexibility index (Phi) is 7.55. The van der Waals surface area contributed by atoms with Gasteiger partial charge in [-0.25, -0.2) is 0 Å². The van der Waals surface area contributed by atoms with Gasteiger partial charge in [0, 0.05) is 11.1 Å². The number of ether oxygens (including phenoxy) is 1. The van der Waals surface area contributed by atoms with Crippen LogP contribution in [0, 0.1) is 6.92 Å². The number of nitrogens with one attached hydrogen (secondary N) is 1. The predicted molar refractivity (Wildman–Crippen MR) is 92.7 cm³/mol. The molecule has 1 rings (SSSR count).